The van der Waals surface area contributed by atoms with E-state index in [2.05, 4.69) is 15.9 Å². The van der Waals surface area contributed by atoms with Crippen molar-refractivity contribution in [1.82, 2.24) is 4.90 Å². The number of carboxylic acid groups (broad SMARTS) is 1. The lowest BCUT2D eigenvalue weighted by atomic mass is 10.2. The summed E-state index contributed by atoms with van der Waals surface area (Å²) >= 11 is 4.64. The second-order valence-electron chi connectivity index (χ2n) is 5.11. The number of carbonyl (C=O) groups excluding carboxylic acids is 1. The summed E-state index contributed by atoms with van der Waals surface area (Å²) in [6.07, 6.45) is 0.00105. The summed E-state index contributed by atoms with van der Waals surface area (Å²) in [7, 11) is 0. The highest BCUT2D eigenvalue weighted by Crippen LogP contribution is 2.33. The van der Waals surface area contributed by atoms with Gasteiger partial charge in [-0.2, -0.15) is 0 Å². The quantitative estimate of drug-likeness (QED) is 0.717. The minimum atomic E-state index is -1.08. The van der Waals surface area contributed by atoms with Gasteiger partial charge in [-0.1, -0.05) is 37.3 Å². The normalized spacial score (nSPS) is 11.8. The maximum absolute atomic E-state index is 12.5. The molecule has 1 heterocycles. The highest BCUT2D eigenvalue weighted by molar-refractivity contribution is 9.10. The lowest BCUT2D eigenvalue weighted by Crippen LogP contribution is -2.39. The third-order valence-electron chi connectivity index (χ3n) is 3.34. The minimum absolute atomic E-state index is 0.109. The molecule has 128 valence electrons. The van der Waals surface area contributed by atoms with Gasteiger partial charge in [-0.05, 0) is 39.4 Å². The first-order valence-electron chi connectivity index (χ1n) is 7.47. The molecule has 24 heavy (non-hydrogen) atoms. The van der Waals surface area contributed by atoms with Crippen molar-refractivity contribution in [2.45, 2.75) is 26.0 Å². The van der Waals surface area contributed by atoms with E-state index in [0.717, 1.165) is 5.56 Å². The van der Waals surface area contributed by atoms with E-state index in [1.54, 1.807) is 11.4 Å². The Bertz CT molecular complexity index is 689. The number of nitrogens with zero attached hydrogens (tertiary/aromatic N) is 1. The highest BCUT2D eigenvalue weighted by atomic mass is 79.9. The van der Waals surface area contributed by atoms with Crippen LogP contribution < -0.4 is 0 Å². The van der Waals surface area contributed by atoms with E-state index in [1.807, 2.05) is 37.3 Å². The molecular weight excluding hydrogens is 394 g/mol. The molecule has 1 unspecified atom stereocenters. The van der Waals surface area contributed by atoms with Crippen LogP contribution in [-0.4, -0.2) is 28.6 Å². The van der Waals surface area contributed by atoms with Crippen LogP contribution in [-0.2, 0) is 16.1 Å². The molecule has 7 heteroatoms. The smallest absolute Gasteiger partial charge is 0.411 e. The van der Waals surface area contributed by atoms with Gasteiger partial charge in [0.15, 0.2) is 6.04 Å². The average molecular weight is 412 g/mol. The van der Waals surface area contributed by atoms with Gasteiger partial charge in [-0.15, -0.1) is 11.3 Å². The Balaban J connectivity index is 2.17. The van der Waals surface area contributed by atoms with Crippen LogP contribution in [0.2, 0.25) is 0 Å². The van der Waals surface area contributed by atoms with Crippen molar-refractivity contribution in [3.05, 3.63) is 56.7 Å². The molecule has 1 atom stereocenters. The van der Waals surface area contributed by atoms with E-state index >= 15 is 0 Å². The van der Waals surface area contributed by atoms with Crippen molar-refractivity contribution in [1.29, 1.82) is 0 Å². The van der Waals surface area contributed by atoms with Crippen molar-refractivity contribution in [2.24, 2.45) is 0 Å². The Morgan fingerprint density at radius 3 is 2.54 bits per heavy atom. The molecule has 1 amide bonds. The number of hydrogen-bond donors (Lipinski definition) is 1. The van der Waals surface area contributed by atoms with E-state index in [0.29, 0.717) is 22.3 Å². The fourth-order valence-corrected chi connectivity index (χ4v) is 3.95. The topological polar surface area (TPSA) is 66.8 Å². The zero-order valence-corrected chi connectivity index (χ0v) is 15.5. The van der Waals surface area contributed by atoms with Gasteiger partial charge in [0, 0.05) is 11.0 Å². The summed E-state index contributed by atoms with van der Waals surface area (Å²) in [5, 5.41) is 11.4. The maximum atomic E-state index is 12.5. The molecule has 0 aliphatic carbocycles. The van der Waals surface area contributed by atoms with Gasteiger partial charge in [-0.3, -0.25) is 4.90 Å². The molecule has 0 saturated carbocycles. The predicted molar refractivity (Wildman–Crippen MR) is 96.0 cm³/mol. The van der Waals surface area contributed by atoms with Gasteiger partial charge in [0.1, 0.15) is 6.61 Å². The van der Waals surface area contributed by atoms with Crippen LogP contribution >= 0.6 is 27.3 Å². The number of ether oxygens (including phenoxy) is 1. The molecule has 2 aromatic rings. The number of amides is 1. The summed E-state index contributed by atoms with van der Waals surface area (Å²) in [6, 6.07) is 10.00. The Morgan fingerprint density at radius 2 is 2.00 bits per heavy atom. The molecule has 2 rings (SSSR count). The van der Waals surface area contributed by atoms with Crippen molar-refractivity contribution >= 4 is 39.3 Å². The average Bonchev–Trinajstić information content (AvgIpc) is 2.98. The summed E-state index contributed by atoms with van der Waals surface area (Å²) < 4.78 is 6.00. The van der Waals surface area contributed by atoms with Crippen molar-refractivity contribution in [3.8, 4) is 0 Å². The molecule has 0 aliphatic heterocycles. The number of carboxylic acids is 1. The lowest BCUT2D eigenvalue weighted by Gasteiger charge is -2.27. The fourth-order valence-electron chi connectivity index (χ4n) is 2.26. The molecule has 0 bridgehead atoms. The van der Waals surface area contributed by atoms with Crippen LogP contribution in [0.4, 0.5) is 4.79 Å². The molecular formula is C17H18BrNO4S. The zero-order valence-electron chi connectivity index (χ0n) is 13.1. The predicted octanol–water partition coefficient (Wildman–Crippen LogP) is 4.69. The Hall–Kier alpha value is -1.86. The van der Waals surface area contributed by atoms with E-state index in [1.165, 1.54) is 16.2 Å². The van der Waals surface area contributed by atoms with E-state index < -0.39 is 18.1 Å². The number of hydrogen-bond acceptors (Lipinski definition) is 4. The molecule has 0 aliphatic rings. The standard InChI is InChI=1S/C17H18BrNO4S/c1-2-9-19(14(16(20)21)15-13(18)8-10-24-15)17(22)23-11-12-6-4-3-5-7-12/h3-8,10,14H,2,9,11H2,1H3,(H,20,21). The van der Waals surface area contributed by atoms with Crippen LogP contribution in [0.25, 0.3) is 0 Å². The second-order valence-corrected chi connectivity index (χ2v) is 6.91. The molecule has 5 nitrogen and oxygen atoms in total. The van der Waals surface area contributed by atoms with Gasteiger partial charge in [0.2, 0.25) is 0 Å². The first-order chi connectivity index (χ1) is 11.5. The number of thiophene rings is 1. The number of benzene rings is 1. The number of rotatable bonds is 7. The van der Waals surface area contributed by atoms with E-state index in [9.17, 15) is 14.7 Å². The van der Waals surface area contributed by atoms with E-state index in [4.69, 9.17) is 4.74 Å². The Labute approximate surface area is 153 Å². The summed E-state index contributed by atoms with van der Waals surface area (Å²) in [4.78, 5) is 26.1. The van der Waals surface area contributed by atoms with Crippen LogP contribution in [0.5, 0.6) is 0 Å². The second kappa shape index (κ2) is 8.84. The fraction of sp³-hybridized carbons (Fsp3) is 0.294. The Kier molecular flexibility index (Phi) is 6.81. The van der Waals surface area contributed by atoms with Crippen molar-refractivity contribution in [2.75, 3.05) is 6.54 Å². The summed E-state index contributed by atoms with van der Waals surface area (Å²) in [5.41, 5.74) is 0.853. The first kappa shape index (κ1) is 18.5. The molecule has 0 radical (unpaired) electrons. The zero-order chi connectivity index (χ0) is 17.5. The van der Waals surface area contributed by atoms with Gasteiger partial charge >= 0.3 is 12.1 Å². The molecule has 1 aromatic heterocycles. The number of aliphatic carboxylic acids is 1. The Morgan fingerprint density at radius 1 is 1.29 bits per heavy atom. The van der Waals surface area contributed by atoms with Gasteiger partial charge < -0.3 is 9.84 Å². The molecule has 1 N–H and O–H groups in total. The largest absolute Gasteiger partial charge is 0.479 e. The van der Waals surface area contributed by atoms with Gasteiger partial charge in [0.05, 0.1) is 4.88 Å². The minimum Gasteiger partial charge on any atom is -0.479 e. The van der Waals surface area contributed by atoms with Gasteiger partial charge in [-0.25, -0.2) is 9.59 Å². The lowest BCUT2D eigenvalue weighted by molar-refractivity contribution is -0.143. The molecule has 1 aromatic carbocycles. The first-order valence-corrected chi connectivity index (χ1v) is 9.14. The van der Waals surface area contributed by atoms with Crippen LogP contribution in [0.3, 0.4) is 0 Å². The highest BCUT2D eigenvalue weighted by Gasteiger charge is 2.34. The SMILES string of the molecule is CCCN(C(=O)OCc1ccccc1)C(C(=O)O)c1sccc1Br. The third kappa shape index (κ3) is 4.58. The molecule has 0 saturated heterocycles. The third-order valence-corrected chi connectivity index (χ3v) is 5.27. The van der Waals surface area contributed by atoms with Crippen LogP contribution in [0.1, 0.15) is 29.8 Å². The van der Waals surface area contributed by atoms with Crippen molar-refractivity contribution < 1.29 is 19.4 Å². The van der Waals surface area contributed by atoms with Crippen LogP contribution in [0, 0.1) is 0 Å². The molecule has 0 fully saturated rings. The summed E-state index contributed by atoms with van der Waals surface area (Å²) in [5.74, 6) is -1.08. The van der Waals surface area contributed by atoms with E-state index in [-0.39, 0.29) is 6.61 Å². The van der Waals surface area contributed by atoms with Gasteiger partial charge in [0.25, 0.3) is 0 Å². The molecule has 0 spiro atoms. The van der Waals surface area contributed by atoms with Crippen molar-refractivity contribution in [3.63, 3.8) is 0 Å². The maximum Gasteiger partial charge on any atom is 0.411 e. The number of carbonyl (C=O) groups is 2. The van der Waals surface area contributed by atoms with Crippen LogP contribution in [0.15, 0.2) is 46.3 Å². The number of halogens is 1. The summed E-state index contributed by atoms with van der Waals surface area (Å²) in [6.45, 7) is 2.30. The monoisotopic (exact) mass is 411 g/mol.